The molecule has 1 aromatic carbocycles. The number of amides is 1. The molecule has 0 unspecified atom stereocenters. The van der Waals surface area contributed by atoms with Crippen molar-refractivity contribution in [3.63, 3.8) is 0 Å². The quantitative estimate of drug-likeness (QED) is 0.739. The summed E-state index contributed by atoms with van der Waals surface area (Å²) in [5.74, 6) is -0.923. The van der Waals surface area contributed by atoms with Crippen molar-refractivity contribution in [3.8, 4) is 0 Å². The Morgan fingerprint density at radius 3 is 2.71 bits per heavy atom. The highest BCUT2D eigenvalue weighted by Gasteiger charge is 2.19. The normalized spacial score (nSPS) is 10.7. The number of nitrogens with zero attached hydrogens (tertiary/aromatic N) is 3. The number of carbonyl (C=O) groups excluding carboxylic acids is 1. The van der Waals surface area contributed by atoms with E-state index >= 15 is 0 Å². The van der Waals surface area contributed by atoms with Gasteiger partial charge in [0.15, 0.2) is 0 Å². The van der Waals surface area contributed by atoms with Crippen LogP contribution in [-0.2, 0) is 6.54 Å². The summed E-state index contributed by atoms with van der Waals surface area (Å²) >= 11 is 0. The Morgan fingerprint density at radius 2 is 2.00 bits per heavy atom. The smallest absolute Gasteiger partial charge is 0.333 e. The summed E-state index contributed by atoms with van der Waals surface area (Å²) in [4.78, 5) is 34.1. The first kappa shape index (κ1) is 12.9. The van der Waals surface area contributed by atoms with Gasteiger partial charge < -0.3 is 4.57 Å². The number of hydrogen-bond acceptors (Lipinski definition) is 4. The first-order chi connectivity index (χ1) is 10.2. The van der Waals surface area contributed by atoms with Crippen LogP contribution in [0, 0.1) is 4.91 Å². The average Bonchev–Trinajstić information content (AvgIpc) is 2.87. The van der Waals surface area contributed by atoms with Crippen LogP contribution in [0.25, 0.3) is 10.8 Å². The van der Waals surface area contributed by atoms with Crippen LogP contribution in [0.2, 0.25) is 0 Å². The molecular weight excluding hydrogens is 272 g/mol. The van der Waals surface area contributed by atoms with E-state index in [-0.39, 0.29) is 5.69 Å². The Morgan fingerprint density at radius 1 is 1.24 bits per heavy atom. The molecule has 0 aliphatic heterocycles. The molecule has 0 fully saturated rings. The fourth-order valence-corrected chi connectivity index (χ4v) is 2.29. The second-order valence-corrected chi connectivity index (χ2v) is 4.51. The monoisotopic (exact) mass is 282 g/mol. The molecule has 1 amide bonds. The molecule has 0 bridgehead atoms. The number of aromatic amines is 1. The van der Waals surface area contributed by atoms with Gasteiger partial charge in [0.25, 0.3) is 5.56 Å². The molecule has 7 heteroatoms. The lowest BCUT2D eigenvalue weighted by Gasteiger charge is -2.06. The van der Waals surface area contributed by atoms with Gasteiger partial charge >= 0.3 is 5.91 Å². The standard InChI is InChI=1S/C14H10N4O3/c19-13-11-8-18(7-9-4-2-1-3-5-9)12(14(20)17-21)10(11)6-15-16-13/h1-6,8H,7H2,(H,16,19). The summed E-state index contributed by atoms with van der Waals surface area (Å²) in [7, 11) is 0. The molecular formula is C14H10N4O3. The number of carbonyl (C=O) groups is 1. The molecule has 2 heterocycles. The van der Waals surface area contributed by atoms with Crippen LogP contribution in [-0.4, -0.2) is 20.7 Å². The van der Waals surface area contributed by atoms with E-state index in [1.807, 2.05) is 30.3 Å². The molecule has 0 saturated heterocycles. The molecule has 3 rings (SSSR count). The van der Waals surface area contributed by atoms with Crippen molar-refractivity contribution in [1.82, 2.24) is 14.8 Å². The van der Waals surface area contributed by atoms with Gasteiger partial charge in [-0.2, -0.15) is 5.10 Å². The maximum atomic E-state index is 11.8. The van der Waals surface area contributed by atoms with Crippen LogP contribution in [0.15, 0.2) is 52.7 Å². The van der Waals surface area contributed by atoms with Crippen LogP contribution >= 0.6 is 0 Å². The van der Waals surface area contributed by atoms with Crippen molar-refractivity contribution in [2.24, 2.45) is 5.18 Å². The highest BCUT2D eigenvalue weighted by molar-refractivity contribution is 6.06. The summed E-state index contributed by atoms with van der Waals surface area (Å²) in [6.07, 6.45) is 2.87. The van der Waals surface area contributed by atoms with Gasteiger partial charge in [0.1, 0.15) is 5.69 Å². The Balaban J connectivity index is 2.21. The number of rotatable bonds is 3. The minimum atomic E-state index is -0.923. The molecule has 0 spiro atoms. The van der Waals surface area contributed by atoms with Gasteiger partial charge in [-0.25, -0.2) is 5.10 Å². The van der Waals surface area contributed by atoms with Crippen LogP contribution < -0.4 is 5.56 Å². The number of H-pyrrole nitrogens is 1. The van der Waals surface area contributed by atoms with Gasteiger partial charge in [0, 0.05) is 23.3 Å². The van der Waals surface area contributed by atoms with Gasteiger partial charge in [-0.05, 0) is 5.56 Å². The first-order valence-corrected chi connectivity index (χ1v) is 6.19. The Labute approximate surface area is 118 Å². The topological polar surface area (TPSA) is 97.2 Å². The van der Waals surface area contributed by atoms with E-state index in [1.54, 1.807) is 4.57 Å². The van der Waals surface area contributed by atoms with E-state index < -0.39 is 11.5 Å². The summed E-state index contributed by atoms with van der Waals surface area (Å²) in [6, 6.07) is 9.38. The maximum Gasteiger partial charge on any atom is 0.333 e. The summed E-state index contributed by atoms with van der Waals surface area (Å²) < 4.78 is 1.54. The zero-order valence-electron chi connectivity index (χ0n) is 10.8. The first-order valence-electron chi connectivity index (χ1n) is 6.19. The molecule has 0 saturated carbocycles. The summed E-state index contributed by atoms with van der Waals surface area (Å²) in [5.41, 5.74) is 0.587. The number of nitrogens with one attached hydrogen (secondary N) is 1. The molecule has 0 aliphatic carbocycles. The highest BCUT2D eigenvalue weighted by Crippen LogP contribution is 2.19. The summed E-state index contributed by atoms with van der Waals surface area (Å²) in [5, 5.41) is 9.04. The third-order valence-electron chi connectivity index (χ3n) is 3.20. The van der Waals surface area contributed by atoms with E-state index in [9.17, 15) is 14.5 Å². The van der Waals surface area contributed by atoms with Crippen molar-refractivity contribution >= 4 is 16.7 Å². The van der Waals surface area contributed by atoms with Crippen LogP contribution in [0.1, 0.15) is 16.1 Å². The molecule has 0 radical (unpaired) electrons. The Hall–Kier alpha value is -3.09. The third kappa shape index (κ3) is 2.25. The predicted molar refractivity (Wildman–Crippen MR) is 76.0 cm³/mol. The van der Waals surface area contributed by atoms with Crippen molar-refractivity contribution < 1.29 is 4.79 Å². The van der Waals surface area contributed by atoms with E-state index in [1.165, 1.54) is 12.4 Å². The second kappa shape index (κ2) is 5.12. The lowest BCUT2D eigenvalue weighted by molar-refractivity contribution is 0.0994. The molecule has 2 aromatic heterocycles. The number of benzene rings is 1. The van der Waals surface area contributed by atoms with Gasteiger partial charge in [0.2, 0.25) is 0 Å². The molecule has 104 valence electrons. The van der Waals surface area contributed by atoms with E-state index in [0.29, 0.717) is 17.3 Å². The minimum absolute atomic E-state index is 0.0717. The van der Waals surface area contributed by atoms with Crippen molar-refractivity contribution in [3.05, 3.63) is 69.2 Å². The minimum Gasteiger partial charge on any atom is -0.338 e. The molecule has 0 aliphatic rings. The zero-order valence-corrected chi connectivity index (χ0v) is 10.8. The summed E-state index contributed by atoms with van der Waals surface area (Å²) in [6.45, 7) is 0.353. The van der Waals surface area contributed by atoms with Gasteiger partial charge in [0.05, 0.1) is 11.6 Å². The Bertz CT molecular complexity index is 880. The Kier molecular flexibility index (Phi) is 3.15. The number of aromatic nitrogens is 3. The maximum absolute atomic E-state index is 11.8. The SMILES string of the molecule is O=NC(=O)c1c2cn[nH]c(=O)c2cn1Cc1ccccc1. The van der Waals surface area contributed by atoms with E-state index in [0.717, 1.165) is 5.56 Å². The van der Waals surface area contributed by atoms with Crippen molar-refractivity contribution in [1.29, 1.82) is 0 Å². The average molecular weight is 282 g/mol. The molecule has 0 atom stereocenters. The fraction of sp³-hybridized carbons (Fsp3) is 0.0714. The molecule has 7 nitrogen and oxygen atoms in total. The largest absolute Gasteiger partial charge is 0.338 e. The van der Waals surface area contributed by atoms with Crippen LogP contribution in [0.3, 0.4) is 0 Å². The number of hydrogen-bond donors (Lipinski definition) is 1. The number of nitroso groups, excluding NO2 is 1. The lowest BCUT2D eigenvalue weighted by atomic mass is 10.2. The van der Waals surface area contributed by atoms with Gasteiger partial charge in [-0.15, -0.1) is 4.91 Å². The second-order valence-electron chi connectivity index (χ2n) is 4.51. The van der Waals surface area contributed by atoms with E-state index in [4.69, 9.17) is 0 Å². The predicted octanol–water partition coefficient (Wildman–Crippen LogP) is 1.68. The highest BCUT2D eigenvalue weighted by atomic mass is 16.3. The van der Waals surface area contributed by atoms with Gasteiger partial charge in [-0.1, -0.05) is 30.3 Å². The third-order valence-corrected chi connectivity index (χ3v) is 3.20. The number of fused-ring (bicyclic) bond motifs is 1. The van der Waals surface area contributed by atoms with Crippen LogP contribution in [0.5, 0.6) is 0 Å². The van der Waals surface area contributed by atoms with Gasteiger partial charge in [-0.3, -0.25) is 9.59 Å². The van der Waals surface area contributed by atoms with E-state index in [2.05, 4.69) is 15.4 Å². The fourth-order valence-electron chi connectivity index (χ4n) is 2.29. The van der Waals surface area contributed by atoms with Crippen molar-refractivity contribution in [2.45, 2.75) is 6.54 Å². The zero-order chi connectivity index (χ0) is 14.8. The van der Waals surface area contributed by atoms with Crippen LogP contribution in [0.4, 0.5) is 0 Å². The molecule has 3 aromatic rings. The van der Waals surface area contributed by atoms with Crippen molar-refractivity contribution in [2.75, 3.05) is 0 Å². The molecule has 21 heavy (non-hydrogen) atoms. The molecule has 1 N–H and O–H groups in total. The lowest BCUT2D eigenvalue weighted by Crippen LogP contribution is -2.08.